The Bertz CT molecular complexity index is 319. The summed E-state index contributed by atoms with van der Waals surface area (Å²) >= 11 is 0. The van der Waals surface area contributed by atoms with Crippen LogP contribution in [-0.2, 0) is 19.7 Å². The van der Waals surface area contributed by atoms with Crippen molar-refractivity contribution in [2.75, 3.05) is 40.0 Å². The summed E-state index contributed by atoms with van der Waals surface area (Å²) < 4.78 is 35.4. The second-order valence-corrected chi connectivity index (χ2v) is 4.66. The number of nitrogens with one attached hydrogen (secondary N) is 1. The van der Waals surface area contributed by atoms with Crippen LogP contribution in [0.2, 0.25) is 0 Å². The number of rotatable bonds is 8. The molecule has 0 radical (unpaired) electrons. The third-order valence-electron chi connectivity index (χ3n) is 1.84. The highest BCUT2D eigenvalue weighted by atomic mass is 32.2. The van der Waals surface area contributed by atoms with Crippen molar-refractivity contribution in [1.29, 1.82) is 0 Å². The Labute approximate surface area is 101 Å². The number of nitrogens with two attached hydrogens (primary N) is 1. The largest absolute Gasteiger partial charge is 0.452 e. The molecule has 0 aliphatic heterocycles. The van der Waals surface area contributed by atoms with Gasteiger partial charge in [0.2, 0.25) is 0 Å². The van der Waals surface area contributed by atoms with Crippen molar-refractivity contribution < 1.29 is 22.7 Å². The number of hydrogen-bond acceptors (Lipinski definition) is 6. The summed E-state index contributed by atoms with van der Waals surface area (Å²) in [6, 6.07) is 0. The molecular formula is C8H19N3O5S. The van der Waals surface area contributed by atoms with Crippen LogP contribution in [0.3, 0.4) is 0 Å². The average Bonchev–Trinajstić information content (AvgIpc) is 2.28. The number of methoxy groups -OCH3 is 1. The van der Waals surface area contributed by atoms with Gasteiger partial charge in [-0.1, -0.05) is 6.92 Å². The summed E-state index contributed by atoms with van der Waals surface area (Å²) in [4.78, 5) is 10.8. The second kappa shape index (κ2) is 8.23. The Morgan fingerprint density at radius 2 is 2.06 bits per heavy atom. The Kier molecular flexibility index (Phi) is 7.79. The lowest BCUT2D eigenvalue weighted by molar-refractivity contribution is 0.129. The lowest BCUT2D eigenvalue weighted by Gasteiger charge is -2.19. The van der Waals surface area contributed by atoms with Crippen LogP contribution >= 0.6 is 0 Å². The third-order valence-corrected chi connectivity index (χ3v) is 3.38. The first-order chi connectivity index (χ1) is 7.97. The maximum atomic E-state index is 11.6. The molecule has 8 nitrogen and oxygen atoms in total. The molecule has 3 N–H and O–H groups in total. The van der Waals surface area contributed by atoms with Crippen molar-refractivity contribution in [3.8, 4) is 0 Å². The van der Waals surface area contributed by atoms with Gasteiger partial charge >= 0.3 is 16.3 Å². The van der Waals surface area contributed by atoms with E-state index in [-0.39, 0.29) is 19.7 Å². The molecule has 0 heterocycles. The fourth-order valence-corrected chi connectivity index (χ4v) is 2.09. The molecule has 0 unspecified atom stereocenters. The van der Waals surface area contributed by atoms with Gasteiger partial charge in [-0.15, -0.1) is 0 Å². The zero-order valence-electron chi connectivity index (χ0n) is 10.0. The predicted octanol–water partition coefficient (Wildman–Crippen LogP) is -1.12. The Balaban J connectivity index is 4.27. The van der Waals surface area contributed by atoms with Crippen LogP contribution in [-0.4, -0.2) is 58.8 Å². The Morgan fingerprint density at radius 1 is 1.41 bits per heavy atom. The van der Waals surface area contributed by atoms with Gasteiger partial charge in [0.25, 0.3) is 0 Å². The molecule has 0 aliphatic carbocycles. The fraction of sp³-hybridized carbons (Fsp3) is 0.875. The first-order valence-electron chi connectivity index (χ1n) is 5.11. The second-order valence-electron chi connectivity index (χ2n) is 2.99. The number of hydrogen-bond donors (Lipinski definition) is 2. The summed E-state index contributed by atoms with van der Waals surface area (Å²) in [5.74, 6) is 0. The number of carbonyl (C=O) groups excluding carboxylic acids is 1. The van der Waals surface area contributed by atoms with Crippen molar-refractivity contribution in [3.05, 3.63) is 0 Å². The van der Waals surface area contributed by atoms with Crippen LogP contribution < -0.4 is 10.5 Å². The summed E-state index contributed by atoms with van der Waals surface area (Å²) in [6.45, 7) is 2.97. The van der Waals surface area contributed by atoms with E-state index in [9.17, 15) is 13.2 Å². The van der Waals surface area contributed by atoms with Gasteiger partial charge in [-0.2, -0.15) is 12.7 Å². The zero-order valence-corrected chi connectivity index (χ0v) is 10.8. The Morgan fingerprint density at radius 3 is 2.53 bits per heavy atom. The monoisotopic (exact) mass is 269 g/mol. The molecule has 0 bridgehead atoms. The van der Waals surface area contributed by atoms with Gasteiger partial charge in [-0.3, -0.25) is 0 Å². The first-order valence-corrected chi connectivity index (χ1v) is 6.55. The summed E-state index contributed by atoms with van der Waals surface area (Å²) in [7, 11) is -2.78. The SMILES string of the molecule is CCN(CCOCCN)S(=O)(=O)NC(=O)OC. The van der Waals surface area contributed by atoms with Gasteiger partial charge < -0.3 is 15.2 Å². The highest BCUT2D eigenvalue weighted by molar-refractivity contribution is 7.87. The van der Waals surface area contributed by atoms with Crippen molar-refractivity contribution in [1.82, 2.24) is 9.03 Å². The summed E-state index contributed by atoms with van der Waals surface area (Å²) in [5.41, 5.74) is 5.22. The van der Waals surface area contributed by atoms with Crippen LogP contribution in [0, 0.1) is 0 Å². The van der Waals surface area contributed by atoms with E-state index in [1.54, 1.807) is 11.6 Å². The van der Waals surface area contributed by atoms with Crippen molar-refractivity contribution in [2.45, 2.75) is 6.92 Å². The Hall–Kier alpha value is -0.900. The van der Waals surface area contributed by atoms with Crippen LogP contribution in [0.4, 0.5) is 4.79 Å². The maximum absolute atomic E-state index is 11.6. The van der Waals surface area contributed by atoms with Crippen molar-refractivity contribution >= 4 is 16.3 Å². The molecule has 0 saturated carbocycles. The molecule has 0 spiro atoms. The van der Waals surface area contributed by atoms with E-state index in [0.717, 1.165) is 11.4 Å². The molecule has 0 fully saturated rings. The smallest absolute Gasteiger partial charge is 0.421 e. The van der Waals surface area contributed by atoms with E-state index in [1.165, 1.54) is 0 Å². The molecule has 1 amide bonds. The van der Waals surface area contributed by atoms with Gasteiger partial charge in [0.1, 0.15) is 0 Å². The van der Waals surface area contributed by atoms with Crippen molar-refractivity contribution in [2.24, 2.45) is 5.73 Å². The molecule has 0 atom stereocenters. The van der Waals surface area contributed by atoms with Crippen LogP contribution in [0.5, 0.6) is 0 Å². The quantitative estimate of drug-likeness (QED) is 0.540. The molecule has 17 heavy (non-hydrogen) atoms. The van der Waals surface area contributed by atoms with E-state index in [4.69, 9.17) is 10.5 Å². The molecule has 0 aromatic rings. The van der Waals surface area contributed by atoms with E-state index in [1.807, 2.05) is 0 Å². The molecule has 0 aromatic carbocycles. The molecule has 9 heteroatoms. The summed E-state index contributed by atoms with van der Waals surface area (Å²) in [6.07, 6.45) is -1.02. The highest BCUT2D eigenvalue weighted by Crippen LogP contribution is 1.97. The molecular weight excluding hydrogens is 250 g/mol. The lowest BCUT2D eigenvalue weighted by atomic mass is 10.6. The number of amides is 1. The normalized spacial score (nSPS) is 11.5. The maximum Gasteiger partial charge on any atom is 0.421 e. The first kappa shape index (κ1) is 16.1. The van der Waals surface area contributed by atoms with Gasteiger partial charge in [0, 0.05) is 19.6 Å². The van der Waals surface area contributed by atoms with Gasteiger partial charge in [-0.05, 0) is 0 Å². The van der Waals surface area contributed by atoms with E-state index in [0.29, 0.717) is 13.2 Å². The van der Waals surface area contributed by atoms with E-state index < -0.39 is 16.3 Å². The van der Waals surface area contributed by atoms with Gasteiger partial charge in [-0.25, -0.2) is 9.52 Å². The average molecular weight is 269 g/mol. The predicted molar refractivity (Wildman–Crippen MR) is 61.6 cm³/mol. The minimum absolute atomic E-state index is 0.142. The van der Waals surface area contributed by atoms with E-state index in [2.05, 4.69) is 4.74 Å². The van der Waals surface area contributed by atoms with Crippen molar-refractivity contribution in [3.63, 3.8) is 0 Å². The van der Waals surface area contributed by atoms with Crippen LogP contribution in [0.15, 0.2) is 0 Å². The minimum Gasteiger partial charge on any atom is -0.452 e. The highest BCUT2D eigenvalue weighted by Gasteiger charge is 2.22. The number of likely N-dealkylation sites (N-methyl/N-ethyl adjacent to an activating group) is 1. The van der Waals surface area contributed by atoms with Crippen LogP contribution in [0.1, 0.15) is 6.92 Å². The lowest BCUT2D eigenvalue weighted by Crippen LogP contribution is -2.44. The standard InChI is InChI=1S/C8H19N3O5S/c1-3-11(5-7-16-6-4-9)17(13,14)10-8(12)15-2/h3-7,9H2,1-2H3,(H,10,12). The fourth-order valence-electron chi connectivity index (χ4n) is 1.01. The number of nitrogens with zero attached hydrogens (tertiary/aromatic N) is 1. The van der Waals surface area contributed by atoms with Gasteiger partial charge in [0.15, 0.2) is 0 Å². The van der Waals surface area contributed by atoms with Gasteiger partial charge in [0.05, 0.1) is 20.3 Å². The molecule has 0 rings (SSSR count). The zero-order chi connectivity index (χ0) is 13.3. The molecule has 0 aromatic heterocycles. The summed E-state index contributed by atoms with van der Waals surface area (Å²) in [5, 5.41) is 0. The topological polar surface area (TPSA) is 111 Å². The number of ether oxygens (including phenoxy) is 2. The number of carbonyl (C=O) groups is 1. The van der Waals surface area contributed by atoms with Crippen LogP contribution in [0.25, 0.3) is 0 Å². The third kappa shape index (κ3) is 6.41. The molecule has 0 aliphatic rings. The molecule has 0 saturated heterocycles. The molecule has 102 valence electrons. The minimum atomic E-state index is -3.87. The van der Waals surface area contributed by atoms with E-state index >= 15 is 0 Å².